The molecule has 1 aromatic heterocycles. The Kier molecular flexibility index (Phi) is 5.41. The number of ether oxygens (including phenoxy) is 1. The first-order valence-corrected chi connectivity index (χ1v) is 6.91. The summed E-state index contributed by atoms with van der Waals surface area (Å²) in [5, 5.41) is 2.61. The Balaban J connectivity index is 2.09. The zero-order valence-electron chi connectivity index (χ0n) is 13.0. The first-order chi connectivity index (χ1) is 11.4. The lowest BCUT2D eigenvalue weighted by Gasteiger charge is -2.11. The minimum Gasteiger partial charge on any atom is -0.435 e. The lowest BCUT2D eigenvalue weighted by Crippen LogP contribution is -2.23. The Morgan fingerprint density at radius 1 is 1.17 bits per heavy atom. The van der Waals surface area contributed by atoms with Crippen LogP contribution in [0, 0.1) is 0 Å². The standard InChI is InChI=1S/C16H15F2N3O3/c1-21(2)15(23)13-9-11(7-8-19-13)20-14(22)10-3-5-12(6-4-10)24-16(17)18/h3-9,16H,1-2H3,(H,19,20,22). The molecule has 1 N–H and O–H groups in total. The zero-order valence-corrected chi connectivity index (χ0v) is 13.0. The predicted octanol–water partition coefficient (Wildman–Crippen LogP) is 2.64. The summed E-state index contributed by atoms with van der Waals surface area (Å²) in [5.74, 6) is -0.781. The molecule has 6 nitrogen and oxygen atoms in total. The number of hydrogen-bond acceptors (Lipinski definition) is 4. The Morgan fingerprint density at radius 3 is 2.42 bits per heavy atom. The lowest BCUT2D eigenvalue weighted by molar-refractivity contribution is -0.0498. The molecule has 126 valence electrons. The van der Waals surface area contributed by atoms with Crippen LogP contribution in [0.1, 0.15) is 20.8 Å². The van der Waals surface area contributed by atoms with Crippen molar-refractivity contribution in [3.8, 4) is 5.75 Å². The molecule has 0 aliphatic heterocycles. The average Bonchev–Trinajstić information content (AvgIpc) is 2.54. The number of carbonyl (C=O) groups excluding carboxylic acids is 2. The van der Waals surface area contributed by atoms with E-state index in [1.807, 2.05) is 0 Å². The van der Waals surface area contributed by atoms with Crippen molar-refractivity contribution in [1.29, 1.82) is 0 Å². The molecule has 24 heavy (non-hydrogen) atoms. The third-order valence-corrected chi connectivity index (χ3v) is 2.98. The van der Waals surface area contributed by atoms with Gasteiger partial charge in [-0.2, -0.15) is 8.78 Å². The summed E-state index contributed by atoms with van der Waals surface area (Å²) < 4.78 is 28.4. The van der Waals surface area contributed by atoms with Gasteiger partial charge < -0.3 is 15.0 Å². The van der Waals surface area contributed by atoms with Crippen molar-refractivity contribution in [3.63, 3.8) is 0 Å². The SMILES string of the molecule is CN(C)C(=O)c1cc(NC(=O)c2ccc(OC(F)F)cc2)ccn1. The van der Waals surface area contributed by atoms with E-state index in [9.17, 15) is 18.4 Å². The fourth-order valence-corrected chi connectivity index (χ4v) is 1.85. The van der Waals surface area contributed by atoms with Gasteiger partial charge in [0.25, 0.3) is 11.8 Å². The second-order valence-electron chi connectivity index (χ2n) is 4.99. The smallest absolute Gasteiger partial charge is 0.387 e. The van der Waals surface area contributed by atoms with Crippen molar-refractivity contribution in [2.24, 2.45) is 0 Å². The Labute approximate surface area is 137 Å². The van der Waals surface area contributed by atoms with Crippen molar-refractivity contribution >= 4 is 17.5 Å². The van der Waals surface area contributed by atoms with Gasteiger partial charge in [0, 0.05) is 31.5 Å². The summed E-state index contributed by atoms with van der Waals surface area (Å²) in [6.07, 6.45) is 1.41. The van der Waals surface area contributed by atoms with Gasteiger partial charge in [-0.3, -0.25) is 14.6 Å². The number of halogens is 2. The van der Waals surface area contributed by atoms with Crippen molar-refractivity contribution in [1.82, 2.24) is 9.88 Å². The van der Waals surface area contributed by atoms with Crippen LogP contribution in [0.25, 0.3) is 0 Å². The molecular weight excluding hydrogens is 320 g/mol. The van der Waals surface area contributed by atoms with Gasteiger partial charge in [0.05, 0.1) is 0 Å². The maximum atomic E-state index is 12.1. The zero-order chi connectivity index (χ0) is 17.7. The van der Waals surface area contributed by atoms with Gasteiger partial charge in [-0.05, 0) is 36.4 Å². The summed E-state index contributed by atoms with van der Waals surface area (Å²) in [5.41, 5.74) is 0.848. The maximum absolute atomic E-state index is 12.1. The van der Waals surface area contributed by atoms with Crippen molar-refractivity contribution < 1.29 is 23.1 Å². The lowest BCUT2D eigenvalue weighted by atomic mass is 10.2. The number of nitrogens with zero attached hydrogens (tertiary/aromatic N) is 2. The molecular formula is C16H15F2N3O3. The molecule has 1 aromatic carbocycles. The van der Waals surface area contributed by atoms with Gasteiger partial charge >= 0.3 is 6.61 Å². The molecule has 2 rings (SSSR count). The molecule has 0 spiro atoms. The van der Waals surface area contributed by atoms with E-state index in [0.717, 1.165) is 0 Å². The second kappa shape index (κ2) is 7.49. The summed E-state index contributed by atoms with van der Waals surface area (Å²) >= 11 is 0. The molecule has 0 atom stereocenters. The van der Waals surface area contributed by atoms with E-state index >= 15 is 0 Å². The molecule has 1 heterocycles. The topological polar surface area (TPSA) is 71.5 Å². The van der Waals surface area contributed by atoms with Crippen LogP contribution in [0.2, 0.25) is 0 Å². The van der Waals surface area contributed by atoms with Crippen LogP contribution in [0.3, 0.4) is 0 Å². The number of hydrogen-bond donors (Lipinski definition) is 1. The summed E-state index contributed by atoms with van der Waals surface area (Å²) in [4.78, 5) is 29.3. The van der Waals surface area contributed by atoms with E-state index in [1.165, 1.54) is 41.4 Å². The normalized spacial score (nSPS) is 10.4. The summed E-state index contributed by atoms with van der Waals surface area (Å²) in [6.45, 7) is -2.92. The number of anilines is 1. The highest BCUT2D eigenvalue weighted by Gasteiger charge is 2.12. The van der Waals surface area contributed by atoms with E-state index in [-0.39, 0.29) is 22.9 Å². The number of nitrogens with one attached hydrogen (secondary N) is 1. The second-order valence-corrected chi connectivity index (χ2v) is 4.99. The van der Waals surface area contributed by atoms with Gasteiger partial charge in [0.1, 0.15) is 11.4 Å². The molecule has 2 amide bonds. The third kappa shape index (κ3) is 4.48. The van der Waals surface area contributed by atoms with Crippen LogP contribution in [0.15, 0.2) is 42.6 Å². The molecule has 0 saturated heterocycles. The van der Waals surface area contributed by atoms with Crippen molar-refractivity contribution in [2.45, 2.75) is 6.61 Å². The monoisotopic (exact) mass is 335 g/mol. The van der Waals surface area contributed by atoms with Crippen LogP contribution < -0.4 is 10.1 Å². The highest BCUT2D eigenvalue weighted by molar-refractivity contribution is 6.04. The van der Waals surface area contributed by atoms with Crippen molar-refractivity contribution in [2.75, 3.05) is 19.4 Å². The predicted molar refractivity (Wildman–Crippen MR) is 83.3 cm³/mol. The molecule has 0 aliphatic rings. The number of amides is 2. The van der Waals surface area contributed by atoms with Gasteiger partial charge in [-0.15, -0.1) is 0 Å². The largest absolute Gasteiger partial charge is 0.435 e. The molecule has 0 aliphatic carbocycles. The molecule has 0 saturated carbocycles. The van der Waals surface area contributed by atoms with Gasteiger partial charge in [-0.25, -0.2) is 0 Å². The summed E-state index contributed by atoms with van der Waals surface area (Å²) in [7, 11) is 3.19. The fourth-order valence-electron chi connectivity index (χ4n) is 1.85. The molecule has 0 fully saturated rings. The first-order valence-electron chi connectivity index (χ1n) is 6.91. The number of carbonyl (C=O) groups is 2. The molecule has 2 aromatic rings. The highest BCUT2D eigenvalue weighted by Crippen LogP contribution is 2.16. The minimum atomic E-state index is -2.92. The highest BCUT2D eigenvalue weighted by atomic mass is 19.3. The molecule has 8 heteroatoms. The number of alkyl halides is 2. The molecule has 0 unspecified atom stereocenters. The number of aromatic nitrogens is 1. The van der Waals surface area contributed by atoms with Crippen LogP contribution in [0.4, 0.5) is 14.5 Å². The molecule has 0 bridgehead atoms. The quantitative estimate of drug-likeness (QED) is 0.912. The van der Waals surface area contributed by atoms with Crippen molar-refractivity contribution in [3.05, 3.63) is 53.9 Å². The number of benzene rings is 1. The Morgan fingerprint density at radius 2 is 1.83 bits per heavy atom. The van der Waals surface area contributed by atoms with Gasteiger partial charge in [0.2, 0.25) is 0 Å². The van der Waals surface area contributed by atoms with E-state index in [2.05, 4.69) is 15.0 Å². The Bertz CT molecular complexity index is 734. The average molecular weight is 335 g/mol. The summed E-state index contributed by atoms with van der Waals surface area (Å²) in [6, 6.07) is 8.26. The fraction of sp³-hybridized carbons (Fsp3) is 0.188. The van der Waals surface area contributed by atoms with Gasteiger partial charge in [-0.1, -0.05) is 0 Å². The van der Waals surface area contributed by atoms with Crippen LogP contribution >= 0.6 is 0 Å². The molecule has 0 radical (unpaired) electrons. The number of pyridine rings is 1. The van der Waals surface area contributed by atoms with E-state index < -0.39 is 12.5 Å². The maximum Gasteiger partial charge on any atom is 0.387 e. The van der Waals surface area contributed by atoms with Crippen LogP contribution in [-0.4, -0.2) is 42.4 Å². The Hall–Kier alpha value is -3.03. The third-order valence-electron chi connectivity index (χ3n) is 2.98. The van der Waals surface area contributed by atoms with Crippen LogP contribution in [0.5, 0.6) is 5.75 Å². The van der Waals surface area contributed by atoms with E-state index in [4.69, 9.17) is 0 Å². The van der Waals surface area contributed by atoms with E-state index in [0.29, 0.717) is 5.69 Å². The number of rotatable bonds is 5. The van der Waals surface area contributed by atoms with Gasteiger partial charge in [0.15, 0.2) is 0 Å². The first kappa shape index (κ1) is 17.3. The minimum absolute atomic E-state index is 0.0377. The van der Waals surface area contributed by atoms with E-state index in [1.54, 1.807) is 20.2 Å². The van der Waals surface area contributed by atoms with Crippen LogP contribution in [-0.2, 0) is 0 Å².